The third kappa shape index (κ3) is 4.97. The van der Waals surface area contributed by atoms with Crippen molar-refractivity contribution in [2.45, 2.75) is 46.6 Å². The summed E-state index contributed by atoms with van der Waals surface area (Å²) in [5.41, 5.74) is 0.952. The zero-order valence-electron chi connectivity index (χ0n) is 15.4. The summed E-state index contributed by atoms with van der Waals surface area (Å²) in [6, 6.07) is 9.63. The predicted molar refractivity (Wildman–Crippen MR) is 98.7 cm³/mol. The van der Waals surface area contributed by atoms with Crippen LogP contribution >= 0.6 is 0 Å². The summed E-state index contributed by atoms with van der Waals surface area (Å²) in [7, 11) is 0. The zero-order chi connectivity index (χ0) is 17.9. The van der Waals surface area contributed by atoms with Crippen LogP contribution in [0.2, 0.25) is 0 Å². The highest BCUT2D eigenvalue weighted by Crippen LogP contribution is 2.44. The Morgan fingerprint density at radius 1 is 1.20 bits per heavy atom. The maximum atomic E-state index is 12.1. The van der Waals surface area contributed by atoms with Gasteiger partial charge in [-0.3, -0.25) is 0 Å². The average Bonchev–Trinajstić information content (AvgIpc) is 2.91. The smallest absolute Gasteiger partial charge is 0.429 e. The molecule has 0 radical (unpaired) electrons. The van der Waals surface area contributed by atoms with Crippen LogP contribution in [0.4, 0.5) is 4.79 Å². The Hall–Kier alpha value is -2.03. The maximum absolute atomic E-state index is 12.1. The molecule has 0 aliphatic heterocycles. The van der Waals surface area contributed by atoms with Crippen molar-refractivity contribution in [3.8, 4) is 0 Å². The number of carbonyl (C=O) groups excluding carboxylic acids is 1. The van der Waals surface area contributed by atoms with Gasteiger partial charge in [-0.2, -0.15) is 0 Å². The van der Waals surface area contributed by atoms with E-state index in [2.05, 4.69) is 32.9 Å². The summed E-state index contributed by atoms with van der Waals surface area (Å²) in [4.78, 5) is 12.1. The molecular formula is C22H28O3. The van der Waals surface area contributed by atoms with E-state index in [-0.39, 0.29) is 12.0 Å². The minimum absolute atomic E-state index is 0.00298. The van der Waals surface area contributed by atoms with Crippen LogP contribution < -0.4 is 0 Å². The normalized spacial score (nSPS) is 31.0. The molecule has 1 aromatic rings. The lowest BCUT2D eigenvalue weighted by molar-refractivity contribution is 0.0727. The molecule has 2 bridgehead atoms. The van der Waals surface area contributed by atoms with E-state index in [9.17, 15) is 4.79 Å². The first kappa shape index (κ1) is 17.8. The van der Waals surface area contributed by atoms with Crippen LogP contribution in [-0.2, 0) is 16.1 Å². The zero-order valence-corrected chi connectivity index (χ0v) is 15.4. The first-order chi connectivity index (χ1) is 11.9. The van der Waals surface area contributed by atoms with Crippen molar-refractivity contribution in [1.82, 2.24) is 0 Å². The number of rotatable bonds is 3. The fourth-order valence-electron chi connectivity index (χ4n) is 4.21. The number of hydrogen-bond acceptors (Lipinski definition) is 3. The quantitative estimate of drug-likeness (QED) is 0.645. The second kappa shape index (κ2) is 7.47. The molecule has 3 atom stereocenters. The third-order valence-electron chi connectivity index (χ3n) is 5.30. The summed E-state index contributed by atoms with van der Waals surface area (Å²) >= 11 is 0. The van der Waals surface area contributed by atoms with Gasteiger partial charge < -0.3 is 9.47 Å². The second-order valence-electron chi connectivity index (χ2n) is 8.20. The Morgan fingerprint density at radius 3 is 2.72 bits per heavy atom. The number of fused-ring (bicyclic) bond motifs is 2. The van der Waals surface area contributed by atoms with Gasteiger partial charge in [0.1, 0.15) is 12.4 Å². The minimum Gasteiger partial charge on any atom is -0.429 e. The van der Waals surface area contributed by atoms with Crippen molar-refractivity contribution in [2.75, 3.05) is 0 Å². The van der Waals surface area contributed by atoms with E-state index in [0.717, 1.165) is 17.9 Å². The highest BCUT2D eigenvalue weighted by Gasteiger charge is 2.34. The monoisotopic (exact) mass is 340 g/mol. The number of carbonyl (C=O) groups is 1. The van der Waals surface area contributed by atoms with Crippen LogP contribution in [0.1, 0.15) is 45.6 Å². The number of allylic oxidation sites excluding steroid dienone is 3. The minimum atomic E-state index is -0.645. The lowest BCUT2D eigenvalue weighted by Crippen LogP contribution is -2.15. The fraction of sp³-hybridized carbons (Fsp3) is 0.500. The van der Waals surface area contributed by atoms with Gasteiger partial charge in [-0.1, -0.05) is 57.2 Å². The first-order valence-electron chi connectivity index (χ1n) is 9.21. The largest absolute Gasteiger partial charge is 0.514 e. The van der Waals surface area contributed by atoms with Crippen molar-refractivity contribution in [2.24, 2.45) is 23.2 Å². The molecule has 0 saturated heterocycles. The molecule has 134 valence electrons. The molecule has 1 aromatic carbocycles. The molecule has 0 aromatic heterocycles. The molecule has 1 saturated carbocycles. The number of ether oxygens (including phenoxy) is 2. The Kier molecular flexibility index (Phi) is 5.31. The maximum Gasteiger partial charge on any atom is 0.514 e. The van der Waals surface area contributed by atoms with Crippen molar-refractivity contribution >= 4 is 6.16 Å². The van der Waals surface area contributed by atoms with Crippen LogP contribution in [0.5, 0.6) is 0 Å². The number of benzene rings is 1. The Balaban J connectivity index is 1.65. The fourth-order valence-corrected chi connectivity index (χ4v) is 4.21. The Morgan fingerprint density at radius 2 is 1.96 bits per heavy atom. The van der Waals surface area contributed by atoms with E-state index in [1.54, 1.807) is 0 Å². The SMILES string of the molecule is CC1CC2CC1/C=C\C(OC(=O)OCc1ccccc1)=C/C(C)(C)C2. The van der Waals surface area contributed by atoms with E-state index in [1.807, 2.05) is 36.4 Å². The van der Waals surface area contributed by atoms with Crippen molar-refractivity contribution in [3.63, 3.8) is 0 Å². The standard InChI is InChI=1S/C22H28O3/c1-16-11-18-12-19(16)9-10-20(14-22(2,3)13-18)25-21(23)24-15-17-7-5-4-6-8-17/h4-10,14,16,18-19H,11-13,15H2,1-3H3/b10-9-,20-14+. The highest BCUT2D eigenvalue weighted by atomic mass is 16.7. The molecule has 3 unspecified atom stereocenters. The second-order valence-corrected chi connectivity index (χ2v) is 8.20. The number of hydrogen-bond donors (Lipinski definition) is 0. The first-order valence-corrected chi connectivity index (χ1v) is 9.21. The molecule has 3 nitrogen and oxygen atoms in total. The summed E-state index contributed by atoms with van der Waals surface area (Å²) in [5, 5.41) is 0. The lowest BCUT2D eigenvalue weighted by atomic mass is 9.81. The summed E-state index contributed by atoms with van der Waals surface area (Å²) in [6.45, 7) is 6.97. The van der Waals surface area contributed by atoms with Gasteiger partial charge >= 0.3 is 6.16 Å². The predicted octanol–water partition coefficient (Wildman–Crippen LogP) is 5.87. The van der Waals surface area contributed by atoms with E-state index >= 15 is 0 Å². The van der Waals surface area contributed by atoms with Gasteiger partial charge in [0.15, 0.2) is 0 Å². The van der Waals surface area contributed by atoms with Gasteiger partial charge in [-0.05, 0) is 60.1 Å². The molecule has 0 N–H and O–H groups in total. The topological polar surface area (TPSA) is 35.5 Å². The van der Waals surface area contributed by atoms with Crippen LogP contribution in [-0.4, -0.2) is 6.16 Å². The molecule has 3 heteroatoms. The van der Waals surface area contributed by atoms with E-state index < -0.39 is 6.16 Å². The van der Waals surface area contributed by atoms with E-state index in [4.69, 9.17) is 9.47 Å². The van der Waals surface area contributed by atoms with Crippen LogP contribution in [0, 0.1) is 23.2 Å². The third-order valence-corrected chi connectivity index (χ3v) is 5.30. The molecule has 25 heavy (non-hydrogen) atoms. The van der Waals surface area contributed by atoms with Crippen LogP contribution in [0.3, 0.4) is 0 Å². The molecule has 0 heterocycles. The summed E-state index contributed by atoms with van der Waals surface area (Å²) < 4.78 is 10.7. The molecular weight excluding hydrogens is 312 g/mol. The molecule has 2 aliphatic rings. The van der Waals surface area contributed by atoms with E-state index in [1.165, 1.54) is 12.8 Å². The van der Waals surface area contributed by atoms with Crippen molar-refractivity contribution in [1.29, 1.82) is 0 Å². The van der Waals surface area contributed by atoms with Crippen LogP contribution in [0.25, 0.3) is 0 Å². The molecule has 2 aliphatic carbocycles. The van der Waals surface area contributed by atoms with E-state index in [0.29, 0.717) is 17.6 Å². The lowest BCUT2D eigenvalue weighted by Gasteiger charge is -2.25. The Labute approximate surface area is 150 Å². The van der Waals surface area contributed by atoms with Gasteiger partial charge in [0.2, 0.25) is 0 Å². The van der Waals surface area contributed by atoms with Gasteiger partial charge in [0, 0.05) is 0 Å². The van der Waals surface area contributed by atoms with Crippen molar-refractivity contribution in [3.05, 3.63) is 59.9 Å². The van der Waals surface area contributed by atoms with Crippen molar-refractivity contribution < 1.29 is 14.3 Å². The van der Waals surface area contributed by atoms with Gasteiger partial charge in [-0.25, -0.2) is 4.79 Å². The molecule has 0 spiro atoms. The van der Waals surface area contributed by atoms with Gasteiger partial charge in [0.05, 0.1) is 0 Å². The molecule has 3 rings (SSSR count). The highest BCUT2D eigenvalue weighted by molar-refractivity contribution is 5.62. The average molecular weight is 340 g/mol. The summed E-state index contributed by atoms with van der Waals surface area (Å²) in [5.74, 6) is 2.62. The van der Waals surface area contributed by atoms with Gasteiger partial charge in [-0.15, -0.1) is 0 Å². The summed E-state index contributed by atoms with van der Waals surface area (Å²) in [6.07, 6.45) is 9.25. The van der Waals surface area contributed by atoms with Crippen LogP contribution in [0.15, 0.2) is 54.3 Å². The molecule has 0 amide bonds. The van der Waals surface area contributed by atoms with Gasteiger partial charge in [0.25, 0.3) is 0 Å². The Bertz CT molecular complexity index is 657. The molecule has 1 fully saturated rings.